The van der Waals surface area contributed by atoms with Crippen molar-refractivity contribution in [3.63, 3.8) is 0 Å². The number of hydrogen-bond donors (Lipinski definition) is 3. The molecule has 0 saturated heterocycles. The van der Waals surface area contributed by atoms with Gasteiger partial charge in [0.1, 0.15) is 34.5 Å². The lowest BCUT2D eigenvalue weighted by molar-refractivity contribution is -0.138. The van der Waals surface area contributed by atoms with Crippen molar-refractivity contribution in [3.8, 4) is 11.3 Å². The quantitative estimate of drug-likeness (QED) is 0.0398. The van der Waals surface area contributed by atoms with Gasteiger partial charge in [0, 0.05) is 66.8 Å². The minimum absolute atomic E-state index is 0.0802. The summed E-state index contributed by atoms with van der Waals surface area (Å²) in [5.41, 5.74) is 2.26. The molecule has 0 amide bonds. The number of rotatable bonds is 38. The fraction of sp³-hybridized carbons (Fsp3) is 0.615. The molecule has 428 valence electrons. The van der Waals surface area contributed by atoms with Crippen molar-refractivity contribution >= 4 is 47.8 Å². The molecule has 24 heteroatoms. The zero-order valence-electron chi connectivity index (χ0n) is 44.7. The predicted octanol–water partition coefficient (Wildman–Crippen LogP) is 4.72. The normalized spacial score (nSPS) is 16.4. The van der Waals surface area contributed by atoms with E-state index >= 15 is 0 Å². The van der Waals surface area contributed by atoms with Gasteiger partial charge in [-0.3, -0.25) is 13.9 Å². The van der Waals surface area contributed by atoms with E-state index in [1.165, 1.54) is 18.4 Å². The highest BCUT2D eigenvalue weighted by Gasteiger charge is 2.44. The van der Waals surface area contributed by atoms with E-state index in [1.807, 2.05) is 79.7 Å². The molecule has 0 spiro atoms. The Morgan fingerprint density at radius 1 is 0.724 bits per heavy atom. The van der Waals surface area contributed by atoms with Crippen molar-refractivity contribution in [2.75, 3.05) is 149 Å². The van der Waals surface area contributed by atoms with E-state index in [2.05, 4.69) is 0 Å². The summed E-state index contributed by atoms with van der Waals surface area (Å²) >= 11 is 0. The lowest BCUT2D eigenvalue weighted by Gasteiger charge is -2.30. The number of hydrogen-bond acceptors (Lipinski definition) is 17. The van der Waals surface area contributed by atoms with Gasteiger partial charge in [-0.05, 0) is 67.3 Å². The number of methoxy groups -OCH3 is 1. The Kier molecular flexibility index (Phi) is 26.6. The minimum atomic E-state index is -4.60. The van der Waals surface area contributed by atoms with Crippen LogP contribution >= 0.6 is 0 Å². The van der Waals surface area contributed by atoms with Gasteiger partial charge in [0.05, 0.1) is 115 Å². The van der Waals surface area contributed by atoms with Crippen LogP contribution in [0.1, 0.15) is 70.3 Å². The molecule has 3 aliphatic rings. The zero-order chi connectivity index (χ0) is 55.8. The first kappa shape index (κ1) is 64.4. The predicted molar refractivity (Wildman–Crippen MR) is 287 cm³/mol. The van der Waals surface area contributed by atoms with Gasteiger partial charge in [0.2, 0.25) is 5.36 Å². The van der Waals surface area contributed by atoms with Crippen LogP contribution in [0, 0.1) is 0 Å². The molecule has 21 nitrogen and oxygen atoms in total. The van der Waals surface area contributed by atoms with E-state index in [4.69, 9.17) is 47.4 Å². The fourth-order valence-corrected chi connectivity index (χ4v) is 9.85. The van der Waals surface area contributed by atoms with Gasteiger partial charge < -0.3 is 52.3 Å². The summed E-state index contributed by atoms with van der Waals surface area (Å²) in [7, 11) is -10.5. The van der Waals surface area contributed by atoms with Crippen LogP contribution in [0.3, 0.4) is 0 Å². The molecule has 3 N–H and O–H groups in total. The molecule has 0 radical (unpaired) electrons. The van der Waals surface area contributed by atoms with Crippen LogP contribution in [0.25, 0.3) is 17.4 Å². The third-order valence-electron chi connectivity index (χ3n) is 12.2. The summed E-state index contributed by atoms with van der Waals surface area (Å²) in [6.45, 7) is 13.8. The second-order valence-corrected chi connectivity index (χ2v) is 24.6. The monoisotopic (exact) mass is 1130 g/mol. The Balaban J connectivity index is 1.65. The average Bonchev–Trinajstić information content (AvgIpc) is 3.56. The van der Waals surface area contributed by atoms with Gasteiger partial charge in [-0.1, -0.05) is 32.9 Å². The number of anilines is 1. The molecule has 1 aliphatic carbocycles. The molecular formula is C52H79N2O19S3+. The first-order valence-electron chi connectivity index (χ1n) is 25.3. The van der Waals surface area contributed by atoms with E-state index < -0.39 is 52.6 Å². The lowest BCUT2D eigenvalue weighted by Crippen LogP contribution is -2.35. The van der Waals surface area contributed by atoms with Gasteiger partial charge >= 0.3 is 5.97 Å². The van der Waals surface area contributed by atoms with Crippen molar-refractivity contribution in [1.82, 2.24) is 4.58 Å². The molecule has 1 atom stereocenters. The Morgan fingerprint density at radius 3 is 1.86 bits per heavy atom. The number of aliphatic carboxylic acids is 1. The van der Waals surface area contributed by atoms with E-state index in [0.29, 0.717) is 108 Å². The summed E-state index contributed by atoms with van der Waals surface area (Å²) in [5.74, 6) is -0.192. The van der Waals surface area contributed by atoms with Crippen LogP contribution in [0.4, 0.5) is 5.69 Å². The van der Waals surface area contributed by atoms with Crippen LogP contribution in [0.15, 0.2) is 69.6 Å². The van der Waals surface area contributed by atoms with Crippen molar-refractivity contribution in [1.29, 1.82) is 0 Å². The molecule has 0 saturated carbocycles. The maximum Gasteiger partial charge on any atom is 0.305 e. The first-order chi connectivity index (χ1) is 35.9. The van der Waals surface area contributed by atoms with Gasteiger partial charge in [0.15, 0.2) is 6.54 Å². The number of nitrogens with zero attached hydrogens (tertiary/aromatic N) is 2. The number of fused-ring (bicyclic) bond motifs is 2. The third-order valence-corrected chi connectivity index (χ3v) is 14.8. The zero-order valence-corrected chi connectivity index (χ0v) is 47.2. The SMILES string of the molecule is COCCOCCOCCOCC[N+](CCCS(=O)(=O)O)=c1ccc2c(/C=C/C=C3\N(CCCS(C)(=O)=O)c4ccc(S(=O)(=O)O)cc4C3(C)CCOCCOCCOCCOCCC(=O)O)cc(C(C)(C)C)oc-2c1. The van der Waals surface area contributed by atoms with Crippen LogP contribution in [-0.4, -0.2) is 189 Å². The molecule has 1 aromatic rings. The molecule has 0 aromatic heterocycles. The van der Waals surface area contributed by atoms with Gasteiger partial charge in [0.25, 0.3) is 20.2 Å². The topological polar surface area (TPSA) is 273 Å². The Hall–Kier alpha value is -4.15. The van der Waals surface area contributed by atoms with Crippen molar-refractivity contribution in [3.05, 3.63) is 82.6 Å². The molecule has 76 heavy (non-hydrogen) atoms. The fourth-order valence-electron chi connectivity index (χ4n) is 8.19. The lowest BCUT2D eigenvalue weighted by atomic mass is 9.78. The average molecular weight is 1130 g/mol. The smallest absolute Gasteiger partial charge is 0.305 e. The second-order valence-electron chi connectivity index (χ2n) is 19.3. The molecular weight excluding hydrogens is 1050 g/mol. The minimum Gasteiger partial charge on any atom is -0.481 e. The molecule has 2 aliphatic heterocycles. The summed E-state index contributed by atoms with van der Waals surface area (Å²) < 4.78 is 146. The van der Waals surface area contributed by atoms with E-state index in [1.54, 1.807) is 13.2 Å². The van der Waals surface area contributed by atoms with Crippen molar-refractivity contribution in [2.45, 2.75) is 69.1 Å². The molecule has 0 fully saturated rings. The van der Waals surface area contributed by atoms with Crippen LogP contribution in [0.5, 0.6) is 0 Å². The number of benzene rings is 2. The highest BCUT2D eigenvalue weighted by Crippen LogP contribution is 2.51. The first-order valence-corrected chi connectivity index (χ1v) is 30.4. The molecule has 4 rings (SSSR count). The summed E-state index contributed by atoms with van der Waals surface area (Å²) in [5, 5.41) is 9.45. The second kappa shape index (κ2) is 31.4. The van der Waals surface area contributed by atoms with Crippen LogP contribution in [-0.2, 0) is 83.6 Å². The maximum absolute atomic E-state index is 12.5. The third kappa shape index (κ3) is 22.7. The highest BCUT2D eigenvalue weighted by molar-refractivity contribution is 7.90. The highest BCUT2D eigenvalue weighted by atomic mass is 32.2. The number of carboxylic acid groups (broad SMARTS) is 1. The number of ether oxygens (including phenoxy) is 8. The van der Waals surface area contributed by atoms with E-state index in [0.717, 1.165) is 22.2 Å². The number of carbonyl (C=O) groups is 1. The summed E-state index contributed by atoms with van der Waals surface area (Å²) in [4.78, 5) is 12.3. The van der Waals surface area contributed by atoms with Gasteiger partial charge in [-0.2, -0.15) is 16.8 Å². The summed E-state index contributed by atoms with van der Waals surface area (Å²) in [6, 6.07) is 12.1. The van der Waals surface area contributed by atoms with Crippen molar-refractivity contribution in [2.24, 2.45) is 0 Å². The standard InChI is InChI=1S/C52H78N2O19S3/c1-51(2,3)49-38-41(44-14-12-42(39-47(44)73-49)53(18-8-37-75(59,60)61)20-23-68-28-31-72-33-32-69-25-24-65-5)10-7-11-48-52(4,17-22-67-27-30-71-35-34-70-29-26-66-21-16-50(55)56)45-40-43(76(62,63)64)13-15-46(45)54(48)19-9-36-74(6,57)58/h7,10-15,38-40H,8-9,16-37H2,1-6H3,(H2-,55,56,59,60,61,62,63,64)/p+1. The number of allylic oxidation sites excluding steroid dienone is 3. The van der Waals surface area contributed by atoms with Crippen LogP contribution < -0.4 is 14.8 Å². The molecule has 1 aromatic carbocycles. The Morgan fingerprint density at radius 2 is 1.30 bits per heavy atom. The Labute approximate surface area is 448 Å². The van der Waals surface area contributed by atoms with E-state index in [9.17, 15) is 39.2 Å². The summed E-state index contributed by atoms with van der Waals surface area (Å²) in [6.07, 6.45) is 7.63. The number of carboxylic acids is 1. The maximum atomic E-state index is 12.5. The van der Waals surface area contributed by atoms with Crippen LogP contribution in [0.2, 0.25) is 0 Å². The molecule has 1 unspecified atom stereocenters. The molecule has 0 bridgehead atoms. The van der Waals surface area contributed by atoms with Crippen molar-refractivity contribution < 1.29 is 86.6 Å². The number of sulfone groups is 1. The Bertz CT molecular complexity index is 2730. The molecule has 2 heterocycles. The van der Waals surface area contributed by atoms with E-state index in [-0.39, 0.29) is 69.5 Å². The van der Waals surface area contributed by atoms with Gasteiger partial charge in [-0.25, -0.2) is 13.0 Å². The largest absolute Gasteiger partial charge is 0.481 e. The van der Waals surface area contributed by atoms with Gasteiger partial charge in [-0.15, -0.1) is 0 Å².